The Morgan fingerprint density at radius 2 is 1.85 bits per heavy atom. The Balaban J connectivity index is 1.74. The molecule has 0 atom stereocenters. The first-order valence-corrected chi connectivity index (χ1v) is 8.13. The normalized spacial score (nSPS) is 10.3. The van der Waals surface area contributed by atoms with Crippen LogP contribution in [0, 0.1) is 13.8 Å². The number of aryl methyl sites for hydroxylation is 2. The van der Waals surface area contributed by atoms with Crippen LogP contribution in [0.4, 0.5) is 0 Å². The third kappa shape index (κ3) is 5.77. The third-order valence-corrected chi connectivity index (χ3v) is 3.63. The van der Waals surface area contributed by atoms with Gasteiger partial charge in [0.2, 0.25) is 0 Å². The molecule has 26 heavy (non-hydrogen) atoms. The van der Waals surface area contributed by atoms with Crippen molar-refractivity contribution in [3.05, 3.63) is 59.0 Å². The highest BCUT2D eigenvalue weighted by molar-refractivity contribution is 5.96. The number of nitrogens with one attached hydrogen (secondary N) is 1. The highest BCUT2D eigenvalue weighted by Crippen LogP contribution is 2.08. The monoisotopic (exact) mass is 358 g/mol. The highest BCUT2D eigenvalue weighted by atomic mass is 16.5. The lowest BCUT2D eigenvalue weighted by Crippen LogP contribution is -2.34. The van der Waals surface area contributed by atoms with E-state index in [1.165, 1.54) is 11.2 Å². The van der Waals surface area contributed by atoms with Crippen LogP contribution in [0.25, 0.3) is 0 Å². The number of carbonyl (C=O) groups is 3. The van der Waals surface area contributed by atoms with Crippen LogP contribution in [0.1, 0.15) is 27.2 Å². The van der Waals surface area contributed by atoms with Gasteiger partial charge in [0.05, 0.1) is 12.8 Å². The molecule has 0 radical (unpaired) electrons. The van der Waals surface area contributed by atoms with Crippen molar-refractivity contribution in [3.8, 4) is 0 Å². The summed E-state index contributed by atoms with van der Waals surface area (Å²) in [6.07, 6.45) is 1.52. The van der Waals surface area contributed by atoms with Gasteiger partial charge in [0, 0.05) is 12.6 Å². The summed E-state index contributed by atoms with van der Waals surface area (Å²) >= 11 is 0. The molecule has 0 saturated heterocycles. The summed E-state index contributed by atoms with van der Waals surface area (Å²) in [5.41, 5.74) is 2.40. The van der Waals surface area contributed by atoms with Crippen LogP contribution in [0.3, 0.4) is 0 Å². The first-order chi connectivity index (χ1) is 12.3. The van der Waals surface area contributed by atoms with E-state index >= 15 is 0 Å². The predicted octanol–water partition coefficient (Wildman–Crippen LogP) is 1.83. The zero-order chi connectivity index (χ0) is 19.1. The number of hydrogen-bond acceptors (Lipinski definition) is 5. The summed E-state index contributed by atoms with van der Waals surface area (Å²) in [5, 5.41) is 2.49. The van der Waals surface area contributed by atoms with Crippen LogP contribution in [0.5, 0.6) is 0 Å². The van der Waals surface area contributed by atoms with Crippen molar-refractivity contribution in [2.24, 2.45) is 0 Å². The second-order valence-electron chi connectivity index (χ2n) is 6.05. The summed E-state index contributed by atoms with van der Waals surface area (Å²) in [6, 6.07) is 8.90. The number of nitrogens with zero attached hydrogens (tertiary/aromatic N) is 1. The van der Waals surface area contributed by atoms with Crippen molar-refractivity contribution in [2.75, 3.05) is 20.2 Å². The molecule has 1 heterocycles. The van der Waals surface area contributed by atoms with Crippen molar-refractivity contribution in [1.82, 2.24) is 10.2 Å². The number of hydrogen-bond donors (Lipinski definition) is 1. The molecule has 1 N–H and O–H groups in total. The topological polar surface area (TPSA) is 88.8 Å². The SMILES string of the molecule is Cc1cc(C)cc(C(=O)NCC(=O)OCC(=O)N(C)Cc2ccco2)c1. The number of amides is 2. The Morgan fingerprint density at radius 3 is 2.46 bits per heavy atom. The van der Waals surface area contributed by atoms with Crippen LogP contribution in [-0.4, -0.2) is 42.9 Å². The van der Waals surface area contributed by atoms with Gasteiger partial charge >= 0.3 is 5.97 Å². The van der Waals surface area contributed by atoms with E-state index < -0.39 is 12.6 Å². The van der Waals surface area contributed by atoms with E-state index in [1.54, 1.807) is 31.3 Å². The zero-order valence-electron chi connectivity index (χ0n) is 15.1. The van der Waals surface area contributed by atoms with Crippen molar-refractivity contribution in [2.45, 2.75) is 20.4 Å². The van der Waals surface area contributed by atoms with Crippen LogP contribution < -0.4 is 5.32 Å². The van der Waals surface area contributed by atoms with E-state index in [-0.39, 0.29) is 24.9 Å². The Kier molecular flexibility index (Phi) is 6.54. The summed E-state index contributed by atoms with van der Waals surface area (Å²) in [6.45, 7) is 3.37. The number of rotatable bonds is 7. The number of furan rings is 1. The molecule has 2 amide bonds. The van der Waals surface area contributed by atoms with Gasteiger partial charge in [-0.3, -0.25) is 14.4 Å². The van der Waals surface area contributed by atoms with Gasteiger partial charge in [0.1, 0.15) is 12.3 Å². The van der Waals surface area contributed by atoms with Gasteiger partial charge < -0.3 is 19.4 Å². The van der Waals surface area contributed by atoms with E-state index in [0.29, 0.717) is 11.3 Å². The van der Waals surface area contributed by atoms with Gasteiger partial charge in [-0.15, -0.1) is 0 Å². The number of likely N-dealkylation sites (N-methyl/N-ethyl adjacent to an activating group) is 1. The van der Waals surface area contributed by atoms with Crippen LogP contribution >= 0.6 is 0 Å². The maximum Gasteiger partial charge on any atom is 0.325 e. The van der Waals surface area contributed by atoms with E-state index in [4.69, 9.17) is 9.15 Å². The van der Waals surface area contributed by atoms with Gasteiger partial charge in [-0.2, -0.15) is 0 Å². The largest absolute Gasteiger partial charge is 0.467 e. The number of benzene rings is 1. The maximum absolute atomic E-state index is 12.1. The second kappa shape index (κ2) is 8.84. The highest BCUT2D eigenvalue weighted by Gasteiger charge is 2.14. The molecule has 1 aromatic heterocycles. The van der Waals surface area contributed by atoms with Crippen LogP contribution in [0.15, 0.2) is 41.0 Å². The minimum absolute atomic E-state index is 0.285. The average molecular weight is 358 g/mol. The van der Waals surface area contributed by atoms with Crippen LogP contribution in [-0.2, 0) is 20.9 Å². The quantitative estimate of drug-likeness (QED) is 0.763. The molecular weight excluding hydrogens is 336 g/mol. The lowest BCUT2D eigenvalue weighted by molar-refractivity contribution is -0.150. The molecule has 0 spiro atoms. The van der Waals surface area contributed by atoms with E-state index in [2.05, 4.69) is 5.32 Å². The Bertz CT molecular complexity index is 763. The summed E-state index contributed by atoms with van der Waals surface area (Å²) in [7, 11) is 1.58. The fraction of sp³-hybridized carbons (Fsp3) is 0.316. The molecule has 0 aliphatic carbocycles. The fourth-order valence-corrected chi connectivity index (χ4v) is 2.39. The third-order valence-electron chi connectivity index (χ3n) is 3.63. The average Bonchev–Trinajstić information content (AvgIpc) is 3.09. The molecular formula is C19H22N2O5. The van der Waals surface area contributed by atoms with Gasteiger partial charge in [0.25, 0.3) is 11.8 Å². The fourth-order valence-electron chi connectivity index (χ4n) is 2.39. The molecule has 0 saturated carbocycles. The molecule has 0 aliphatic heterocycles. The van der Waals surface area contributed by atoms with Gasteiger partial charge in [-0.25, -0.2) is 0 Å². The van der Waals surface area contributed by atoms with Crippen molar-refractivity contribution in [1.29, 1.82) is 0 Å². The molecule has 0 aliphatic rings. The second-order valence-corrected chi connectivity index (χ2v) is 6.05. The zero-order valence-corrected chi connectivity index (χ0v) is 15.1. The maximum atomic E-state index is 12.1. The summed E-state index contributed by atoms with van der Waals surface area (Å²) in [4.78, 5) is 37.1. The first kappa shape index (κ1) is 19.2. The Hall–Kier alpha value is -3.09. The Labute approximate surface area is 151 Å². The number of esters is 1. The molecule has 7 nitrogen and oxygen atoms in total. The van der Waals surface area contributed by atoms with Gasteiger partial charge in [-0.1, -0.05) is 17.2 Å². The van der Waals surface area contributed by atoms with E-state index in [0.717, 1.165) is 11.1 Å². The van der Waals surface area contributed by atoms with Crippen molar-refractivity contribution >= 4 is 17.8 Å². The molecule has 2 rings (SSSR count). The molecule has 0 unspecified atom stereocenters. The van der Waals surface area contributed by atoms with E-state index in [9.17, 15) is 14.4 Å². The molecule has 7 heteroatoms. The molecule has 0 bridgehead atoms. The van der Waals surface area contributed by atoms with Gasteiger partial charge in [-0.05, 0) is 38.1 Å². The van der Waals surface area contributed by atoms with E-state index in [1.807, 2.05) is 19.9 Å². The minimum atomic E-state index is -0.678. The lowest BCUT2D eigenvalue weighted by atomic mass is 10.1. The molecule has 0 fully saturated rings. The van der Waals surface area contributed by atoms with Crippen molar-refractivity contribution in [3.63, 3.8) is 0 Å². The summed E-state index contributed by atoms with van der Waals surface area (Å²) in [5.74, 6) is -0.777. The first-order valence-electron chi connectivity index (χ1n) is 8.13. The molecule has 1 aromatic carbocycles. The van der Waals surface area contributed by atoms with Gasteiger partial charge in [0.15, 0.2) is 6.61 Å². The summed E-state index contributed by atoms with van der Waals surface area (Å²) < 4.78 is 10.1. The lowest BCUT2D eigenvalue weighted by Gasteiger charge is -2.15. The molecule has 2 aromatic rings. The van der Waals surface area contributed by atoms with Crippen LogP contribution in [0.2, 0.25) is 0 Å². The van der Waals surface area contributed by atoms with Crippen molar-refractivity contribution < 1.29 is 23.5 Å². The smallest absolute Gasteiger partial charge is 0.325 e. The Morgan fingerprint density at radius 1 is 1.15 bits per heavy atom. The predicted molar refractivity (Wildman–Crippen MR) is 94.4 cm³/mol. The standard InChI is InChI=1S/C19H22N2O5/c1-13-7-14(2)9-15(8-13)19(24)20-10-18(23)26-12-17(22)21(3)11-16-5-4-6-25-16/h4-9H,10-12H2,1-3H3,(H,20,24). The minimum Gasteiger partial charge on any atom is -0.467 e. The molecule has 138 valence electrons. The number of ether oxygens (including phenoxy) is 1. The number of carbonyl (C=O) groups excluding carboxylic acids is 3.